The van der Waals surface area contributed by atoms with E-state index in [4.69, 9.17) is 0 Å². The van der Waals surface area contributed by atoms with Crippen molar-refractivity contribution in [2.24, 2.45) is 0 Å². The Morgan fingerprint density at radius 2 is 2.00 bits per heavy atom. The fraction of sp³-hybridized carbons (Fsp3) is 0.200. The maximum Gasteiger partial charge on any atom is 0.194 e. The van der Waals surface area contributed by atoms with Gasteiger partial charge in [-0.15, -0.1) is 11.3 Å². The number of benzene rings is 1. The average Bonchev–Trinajstić information content (AvgIpc) is 2.90. The number of imidazole rings is 1. The molecule has 0 saturated carbocycles. The van der Waals surface area contributed by atoms with Crippen molar-refractivity contribution >= 4 is 22.6 Å². The number of rotatable bonds is 2. The Bertz CT molecular complexity index is 783. The largest absolute Gasteiger partial charge is 0.296 e. The van der Waals surface area contributed by atoms with Gasteiger partial charge in [0.25, 0.3) is 0 Å². The molecule has 96 valence electrons. The molecule has 0 radical (unpaired) electrons. The first-order valence-corrected chi connectivity index (χ1v) is 6.99. The number of hydrogen-bond acceptors (Lipinski definition) is 3. The molecule has 0 N–H and O–H groups in total. The number of aldehydes is 1. The topological polar surface area (TPSA) is 34.4 Å². The van der Waals surface area contributed by atoms with Crippen LogP contribution in [0.25, 0.3) is 16.2 Å². The van der Waals surface area contributed by atoms with Gasteiger partial charge >= 0.3 is 0 Å². The Balaban J connectivity index is 2.30. The molecule has 3 aromatic rings. The van der Waals surface area contributed by atoms with E-state index in [1.807, 2.05) is 11.3 Å². The lowest BCUT2D eigenvalue weighted by Crippen LogP contribution is -1.94. The molecule has 2 aromatic heterocycles. The second-order valence-electron chi connectivity index (χ2n) is 4.74. The second-order valence-corrected chi connectivity index (χ2v) is 5.57. The van der Waals surface area contributed by atoms with Gasteiger partial charge in [0, 0.05) is 5.38 Å². The van der Waals surface area contributed by atoms with E-state index in [2.05, 4.69) is 42.4 Å². The van der Waals surface area contributed by atoms with Gasteiger partial charge in [0.05, 0.1) is 11.4 Å². The van der Waals surface area contributed by atoms with Crippen LogP contribution < -0.4 is 0 Å². The van der Waals surface area contributed by atoms with Crippen LogP contribution in [0, 0.1) is 20.8 Å². The molecule has 19 heavy (non-hydrogen) atoms. The van der Waals surface area contributed by atoms with Crippen LogP contribution in [0.1, 0.15) is 27.3 Å². The van der Waals surface area contributed by atoms with Crippen molar-refractivity contribution in [3.05, 3.63) is 46.1 Å². The number of aromatic nitrogens is 2. The summed E-state index contributed by atoms with van der Waals surface area (Å²) in [5.74, 6) is 0. The van der Waals surface area contributed by atoms with E-state index in [9.17, 15) is 4.79 Å². The molecule has 0 saturated heterocycles. The van der Waals surface area contributed by atoms with Crippen molar-refractivity contribution in [1.29, 1.82) is 0 Å². The summed E-state index contributed by atoms with van der Waals surface area (Å²) in [5.41, 5.74) is 6.10. The van der Waals surface area contributed by atoms with Gasteiger partial charge in [-0.2, -0.15) is 0 Å². The maximum atomic E-state index is 11.2. The van der Waals surface area contributed by atoms with Crippen LogP contribution in [0.15, 0.2) is 23.6 Å². The minimum Gasteiger partial charge on any atom is -0.296 e. The molecule has 2 heterocycles. The van der Waals surface area contributed by atoms with Gasteiger partial charge in [0.15, 0.2) is 11.2 Å². The Kier molecular flexibility index (Phi) is 2.75. The molecule has 0 atom stereocenters. The molecule has 0 aliphatic rings. The zero-order valence-corrected chi connectivity index (χ0v) is 11.9. The monoisotopic (exact) mass is 270 g/mol. The number of fused-ring (bicyclic) bond motifs is 1. The van der Waals surface area contributed by atoms with Gasteiger partial charge in [0.2, 0.25) is 0 Å². The van der Waals surface area contributed by atoms with Crippen molar-refractivity contribution in [2.45, 2.75) is 20.8 Å². The highest BCUT2D eigenvalue weighted by Crippen LogP contribution is 2.29. The minimum atomic E-state index is 0.643. The van der Waals surface area contributed by atoms with Gasteiger partial charge < -0.3 is 0 Å². The van der Waals surface area contributed by atoms with E-state index in [1.54, 1.807) is 11.3 Å². The van der Waals surface area contributed by atoms with Crippen LogP contribution in [0.4, 0.5) is 0 Å². The number of carbonyl (C=O) groups is 1. The van der Waals surface area contributed by atoms with Crippen LogP contribution in [-0.2, 0) is 0 Å². The molecular formula is C15H14N2OS. The first kappa shape index (κ1) is 12.1. The predicted molar refractivity (Wildman–Crippen MR) is 78.1 cm³/mol. The fourth-order valence-corrected chi connectivity index (χ4v) is 3.17. The highest BCUT2D eigenvalue weighted by molar-refractivity contribution is 7.15. The van der Waals surface area contributed by atoms with E-state index in [0.717, 1.165) is 28.2 Å². The third-order valence-corrected chi connectivity index (χ3v) is 4.32. The van der Waals surface area contributed by atoms with Crippen molar-refractivity contribution in [1.82, 2.24) is 9.38 Å². The van der Waals surface area contributed by atoms with Crippen molar-refractivity contribution < 1.29 is 4.79 Å². The fourth-order valence-electron chi connectivity index (χ4n) is 2.22. The van der Waals surface area contributed by atoms with Crippen LogP contribution in [-0.4, -0.2) is 15.7 Å². The van der Waals surface area contributed by atoms with Crippen LogP contribution in [0.5, 0.6) is 0 Å². The lowest BCUT2D eigenvalue weighted by Gasteiger charge is -2.05. The molecule has 3 rings (SSSR count). The number of nitrogens with zero attached hydrogens (tertiary/aromatic N) is 2. The summed E-state index contributed by atoms with van der Waals surface area (Å²) in [4.78, 5) is 16.5. The van der Waals surface area contributed by atoms with Crippen molar-refractivity contribution in [2.75, 3.05) is 0 Å². The van der Waals surface area contributed by atoms with E-state index >= 15 is 0 Å². The zero-order chi connectivity index (χ0) is 13.6. The van der Waals surface area contributed by atoms with Crippen LogP contribution >= 0.6 is 11.3 Å². The quantitative estimate of drug-likeness (QED) is 0.664. The summed E-state index contributed by atoms with van der Waals surface area (Å²) >= 11 is 1.56. The van der Waals surface area contributed by atoms with E-state index < -0.39 is 0 Å². The summed E-state index contributed by atoms with van der Waals surface area (Å²) in [6.45, 7) is 6.07. The first-order chi connectivity index (χ1) is 9.11. The molecule has 1 aromatic carbocycles. The standard InChI is InChI=1S/C15H14N2OS/c1-9-4-5-12(6-10(9)2)14-8-19-15-16-11(3)13(7-18)17(14)15/h4-8H,1-3H3. The molecule has 3 nitrogen and oxygen atoms in total. The van der Waals surface area contributed by atoms with Crippen LogP contribution in [0.2, 0.25) is 0 Å². The highest BCUT2D eigenvalue weighted by Gasteiger charge is 2.14. The minimum absolute atomic E-state index is 0.643. The number of carbonyl (C=O) groups excluding carboxylic acids is 1. The Hall–Kier alpha value is -1.94. The third kappa shape index (κ3) is 1.79. The molecule has 0 fully saturated rings. The third-order valence-electron chi connectivity index (χ3n) is 3.50. The summed E-state index contributed by atoms with van der Waals surface area (Å²) in [5, 5.41) is 2.05. The molecular weight excluding hydrogens is 256 g/mol. The summed E-state index contributed by atoms with van der Waals surface area (Å²) in [7, 11) is 0. The number of hydrogen-bond donors (Lipinski definition) is 0. The lowest BCUT2D eigenvalue weighted by molar-refractivity contribution is 0.111. The van der Waals surface area contributed by atoms with E-state index in [1.165, 1.54) is 11.1 Å². The molecule has 0 bridgehead atoms. The Morgan fingerprint density at radius 3 is 2.68 bits per heavy atom. The molecule has 0 aliphatic heterocycles. The van der Waals surface area contributed by atoms with Gasteiger partial charge in [-0.05, 0) is 43.5 Å². The normalized spacial score (nSPS) is 11.1. The summed E-state index contributed by atoms with van der Waals surface area (Å²) in [6.07, 6.45) is 0.882. The van der Waals surface area contributed by atoms with Crippen molar-refractivity contribution in [3.63, 3.8) is 0 Å². The van der Waals surface area contributed by atoms with Gasteiger partial charge in [-0.1, -0.05) is 12.1 Å². The Morgan fingerprint density at radius 1 is 1.21 bits per heavy atom. The molecule has 0 amide bonds. The maximum absolute atomic E-state index is 11.2. The highest BCUT2D eigenvalue weighted by atomic mass is 32.1. The average molecular weight is 270 g/mol. The number of aryl methyl sites for hydroxylation is 3. The predicted octanol–water partition coefficient (Wildman–Crippen LogP) is 3.80. The van der Waals surface area contributed by atoms with Crippen LogP contribution in [0.3, 0.4) is 0 Å². The van der Waals surface area contributed by atoms with Crippen molar-refractivity contribution in [3.8, 4) is 11.3 Å². The molecule has 4 heteroatoms. The number of thiazole rings is 1. The van der Waals surface area contributed by atoms with E-state index in [-0.39, 0.29) is 0 Å². The second kappa shape index (κ2) is 4.31. The molecule has 0 aliphatic carbocycles. The first-order valence-electron chi connectivity index (χ1n) is 6.11. The smallest absolute Gasteiger partial charge is 0.194 e. The molecule has 0 unspecified atom stereocenters. The van der Waals surface area contributed by atoms with Gasteiger partial charge in [-0.25, -0.2) is 4.98 Å². The summed E-state index contributed by atoms with van der Waals surface area (Å²) < 4.78 is 1.94. The van der Waals surface area contributed by atoms with E-state index in [0.29, 0.717) is 5.69 Å². The van der Waals surface area contributed by atoms with Gasteiger partial charge in [0.1, 0.15) is 5.69 Å². The van der Waals surface area contributed by atoms with Gasteiger partial charge in [-0.3, -0.25) is 9.20 Å². The summed E-state index contributed by atoms with van der Waals surface area (Å²) in [6, 6.07) is 6.35. The zero-order valence-electron chi connectivity index (χ0n) is 11.1. The lowest BCUT2D eigenvalue weighted by atomic mass is 10.0. The Labute approximate surface area is 115 Å². The SMILES string of the molecule is Cc1ccc(-c2csc3nc(C)c(C=O)n23)cc1C. The molecule has 0 spiro atoms.